The molecule has 0 fully saturated rings. The number of rotatable bonds is 5. The van der Waals surface area contributed by atoms with Crippen molar-refractivity contribution in [2.45, 2.75) is 0 Å². The lowest BCUT2D eigenvalue weighted by atomic mass is 10.2. The van der Waals surface area contributed by atoms with Crippen LogP contribution in [0.25, 0.3) is 0 Å². The van der Waals surface area contributed by atoms with Gasteiger partial charge in [0, 0.05) is 16.6 Å². The SMILES string of the molecule is O=C(O/N=C/c1ccc(Br)cc1)c1cc([N+](=O)[O-])cc([N+](=O)[O-])c1. The van der Waals surface area contributed by atoms with Crippen LogP contribution < -0.4 is 0 Å². The van der Waals surface area contributed by atoms with Crippen molar-refractivity contribution in [3.05, 3.63) is 78.3 Å². The van der Waals surface area contributed by atoms with Gasteiger partial charge in [-0.1, -0.05) is 33.2 Å². The maximum atomic E-state index is 11.8. The maximum absolute atomic E-state index is 11.8. The maximum Gasteiger partial charge on any atom is 0.366 e. The van der Waals surface area contributed by atoms with E-state index in [0.717, 1.165) is 22.7 Å². The van der Waals surface area contributed by atoms with Gasteiger partial charge >= 0.3 is 5.97 Å². The van der Waals surface area contributed by atoms with Crippen molar-refractivity contribution in [1.29, 1.82) is 0 Å². The van der Waals surface area contributed by atoms with Gasteiger partial charge in [-0.25, -0.2) is 4.79 Å². The Kier molecular flexibility index (Phi) is 5.32. The van der Waals surface area contributed by atoms with Gasteiger partial charge in [-0.05, 0) is 17.7 Å². The molecule has 0 spiro atoms. The van der Waals surface area contributed by atoms with Crippen LogP contribution in [0.1, 0.15) is 15.9 Å². The highest BCUT2D eigenvalue weighted by atomic mass is 79.9. The van der Waals surface area contributed by atoms with Crippen LogP contribution in [0.5, 0.6) is 0 Å². The number of halogens is 1. The molecule has 0 aliphatic carbocycles. The van der Waals surface area contributed by atoms with Crippen LogP contribution in [0.3, 0.4) is 0 Å². The molecule has 0 atom stereocenters. The molecule has 9 nitrogen and oxygen atoms in total. The largest absolute Gasteiger partial charge is 0.366 e. The molecule has 24 heavy (non-hydrogen) atoms. The monoisotopic (exact) mass is 393 g/mol. The molecule has 0 amide bonds. The van der Waals surface area contributed by atoms with Crippen molar-refractivity contribution in [2.75, 3.05) is 0 Å². The van der Waals surface area contributed by atoms with E-state index in [1.807, 2.05) is 0 Å². The molecule has 2 aromatic carbocycles. The highest BCUT2D eigenvalue weighted by Gasteiger charge is 2.20. The Balaban J connectivity index is 2.18. The Morgan fingerprint density at radius 2 is 1.58 bits per heavy atom. The molecule has 0 radical (unpaired) electrons. The van der Waals surface area contributed by atoms with Gasteiger partial charge in [0.1, 0.15) is 0 Å². The average Bonchev–Trinajstić information content (AvgIpc) is 2.56. The van der Waals surface area contributed by atoms with Gasteiger partial charge in [-0.15, -0.1) is 0 Å². The van der Waals surface area contributed by atoms with Crippen molar-refractivity contribution in [3.63, 3.8) is 0 Å². The van der Waals surface area contributed by atoms with Gasteiger partial charge in [-0.2, -0.15) is 0 Å². The summed E-state index contributed by atoms with van der Waals surface area (Å²) in [4.78, 5) is 36.3. The Labute approximate surface area is 143 Å². The number of nitrogens with zero attached hydrogens (tertiary/aromatic N) is 3. The molecule has 0 aromatic heterocycles. The molecule has 122 valence electrons. The summed E-state index contributed by atoms with van der Waals surface area (Å²) >= 11 is 3.26. The van der Waals surface area contributed by atoms with Crippen molar-refractivity contribution in [2.24, 2.45) is 5.16 Å². The van der Waals surface area contributed by atoms with E-state index in [4.69, 9.17) is 0 Å². The van der Waals surface area contributed by atoms with E-state index in [1.165, 1.54) is 6.21 Å². The smallest absolute Gasteiger partial charge is 0.313 e. The number of benzene rings is 2. The van der Waals surface area contributed by atoms with Gasteiger partial charge < -0.3 is 4.84 Å². The summed E-state index contributed by atoms with van der Waals surface area (Å²) < 4.78 is 0.862. The second kappa shape index (κ2) is 7.42. The van der Waals surface area contributed by atoms with Crippen molar-refractivity contribution >= 4 is 39.5 Å². The van der Waals surface area contributed by atoms with Crippen LogP contribution >= 0.6 is 15.9 Å². The molecular weight excluding hydrogens is 386 g/mol. The Morgan fingerprint density at radius 1 is 1.04 bits per heavy atom. The third-order valence-corrected chi connectivity index (χ3v) is 3.30. The standard InChI is InChI=1S/C14H8BrN3O6/c15-11-3-1-9(2-4-11)8-16-24-14(19)10-5-12(17(20)21)7-13(6-10)18(22)23/h1-8H/b16-8+. The minimum absolute atomic E-state index is 0.344. The van der Waals surface area contributed by atoms with E-state index >= 15 is 0 Å². The molecule has 0 N–H and O–H groups in total. The van der Waals surface area contributed by atoms with E-state index in [9.17, 15) is 25.0 Å². The Bertz CT molecular complexity index is 803. The van der Waals surface area contributed by atoms with Crippen molar-refractivity contribution < 1.29 is 19.5 Å². The zero-order chi connectivity index (χ0) is 17.7. The van der Waals surface area contributed by atoms with Crippen LogP contribution in [0.2, 0.25) is 0 Å². The Morgan fingerprint density at radius 3 is 2.08 bits per heavy atom. The molecule has 2 rings (SSSR count). The molecule has 0 saturated carbocycles. The fourth-order valence-electron chi connectivity index (χ4n) is 1.66. The molecule has 0 aliphatic heterocycles. The fraction of sp³-hybridized carbons (Fsp3) is 0. The number of non-ortho nitro benzene ring substituents is 2. The van der Waals surface area contributed by atoms with E-state index in [1.54, 1.807) is 24.3 Å². The van der Waals surface area contributed by atoms with Gasteiger partial charge in [0.25, 0.3) is 11.4 Å². The number of nitro groups is 2. The lowest BCUT2D eigenvalue weighted by molar-refractivity contribution is -0.394. The number of carbonyl (C=O) groups excluding carboxylic acids is 1. The van der Waals surface area contributed by atoms with Crippen LogP contribution in [-0.2, 0) is 4.84 Å². The molecule has 10 heteroatoms. The van der Waals surface area contributed by atoms with Gasteiger partial charge in [-0.3, -0.25) is 20.2 Å². The van der Waals surface area contributed by atoms with Crippen molar-refractivity contribution in [1.82, 2.24) is 0 Å². The minimum atomic E-state index is -1.05. The van der Waals surface area contributed by atoms with Crippen LogP contribution in [-0.4, -0.2) is 22.0 Å². The molecule has 0 unspecified atom stereocenters. The predicted octanol–water partition coefficient (Wildman–Crippen LogP) is 3.46. The fourth-order valence-corrected chi connectivity index (χ4v) is 1.92. The zero-order valence-corrected chi connectivity index (χ0v) is 13.4. The average molecular weight is 394 g/mol. The predicted molar refractivity (Wildman–Crippen MR) is 86.9 cm³/mol. The third-order valence-electron chi connectivity index (χ3n) is 2.77. The van der Waals surface area contributed by atoms with E-state index < -0.39 is 27.2 Å². The summed E-state index contributed by atoms with van der Waals surface area (Å²) in [6, 6.07) is 9.44. The summed E-state index contributed by atoms with van der Waals surface area (Å²) in [7, 11) is 0. The summed E-state index contributed by atoms with van der Waals surface area (Å²) in [5, 5.41) is 25.0. The van der Waals surface area contributed by atoms with Gasteiger partial charge in [0.15, 0.2) is 0 Å². The first-order chi connectivity index (χ1) is 11.4. The third kappa shape index (κ3) is 4.43. The second-order valence-corrected chi connectivity index (χ2v) is 5.33. The van der Waals surface area contributed by atoms with E-state index in [0.29, 0.717) is 5.56 Å². The first kappa shape index (κ1) is 17.2. The van der Waals surface area contributed by atoms with Crippen LogP contribution in [0.15, 0.2) is 52.1 Å². The van der Waals surface area contributed by atoms with E-state index in [-0.39, 0.29) is 5.56 Å². The quantitative estimate of drug-likeness (QED) is 0.331. The first-order valence-corrected chi connectivity index (χ1v) is 7.10. The molecular formula is C14H8BrN3O6. The lowest BCUT2D eigenvalue weighted by Crippen LogP contribution is -2.04. The number of nitro benzene ring substituents is 2. The number of hydrogen-bond acceptors (Lipinski definition) is 7. The highest BCUT2D eigenvalue weighted by molar-refractivity contribution is 9.10. The second-order valence-electron chi connectivity index (χ2n) is 4.42. The lowest BCUT2D eigenvalue weighted by Gasteiger charge is -1.99. The molecule has 0 bridgehead atoms. The molecule has 0 heterocycles. The van der Waals surface area contributed by atoms with E-state index in [2.05, 4.69) is 25.9 Å². The highest BCUT2D eigenvalue weighted by Crippen LogP contribution is 2.23. The minimum Gasteiger partial charge on any atom is -0.313 e. The number of hydrogen-bond donors (Lipinski definition) is 0. The summed E-state index contributed by atoms with van der Waals surface area (Å²) in [6.45, 7) is 0. The first-order valence-electron chi connectivity index (χ1n) is 6.31. The van der Waals surface area contributed by atoms with Gasteiger partial charge in [0.05, 0.1) is 27.7 Å². The van der Waals surface area contributed by atoms with Crippen molar-refractivity contribution in [3.8, 4) is 0 Å². The Hall–Kier alpha value is -3.14. The zero-order valence-electron chi connectivity index (χ0n) is 11.8. The van der Waals surface area contributed by atoms with Crippen LogP contribution in [0, 0.1) is 20.2 Å². The molecule has 0 saturated heterocycles. The summed E-state index contributed by atoms with van der Waals surface area (Å²) in [5.74, 6) is -1.05. The van der Waals surface area contributed by atoms with Gasteiger partial charge in [0.2, 0.25) is 0 Å². The number of carbonyl (C=O) groups is 1. The summed E-state index contributed by atoms with van der Waals surface area (Å²) in [6.07, 6.45) is 1.26. The molecule has 0 aliphatic rings. The number of oxime groups is 1. The van der Waals surface area contributed by atoms with Crippen LogP contribution in [0.4, 0.5) is 11.4 Å². The summed E-state index contributed by atoms with van der Waals surface area (Å²) in [5.41, 5.74) is -0.874. The topological polar surface area (TPSA) is 125 Å². The molecule has 2 aromatic rings. The normalized spacial score (nSPS) is 10.5.